The van der Waals surface area contributed by atoms with Crippen LogP contribution in [0.25, 0.3) is 0 Å². The van der Waals surface area contributed by atoms with E-state index in [9.17, 15) is 0 Å². The average molecular weight is 353 g/mol. The first-order valence-corrected chi connectivity index (χ1v) is 9.59. The van der Waals surface area contributed by atoms with Gasteiger partial charge in [0.25, 0.3) is 0 Å². The fourth-order valence-electron chi connectivity index (χ4n) is 4.09. The van der Waals surface area contributed by atoms with Gasteiger partial charge in [-0.25, -0.2) is 4.99 Å². The Morgan fingerprint density at radius 2 is 2.15 bits per heavy atom. The second-order valence-corrected chi connectivity index (χ2v) is 7.21. The maximum Gasteiger partial charge on any atom is 0.192 e. The van der Waals surface area contributed by atoms with Crippen LogP contribution in [0.4, 0.5) is 0 Å². The molecule has 1 aromatic heterocycles. The molecule has 2 aromatic rings. The number of fused-ring (bicyclic) bond motifs is 1. The number of hydrogen-bond donors (Lipinski definition) is 3. The summed E-state index contributed by atoms with van der Waals surface area (Å²) in [6.45, 7) is 3.49. The summed E-state index contributed by atoms with van der Waals surface area (Å²) in [5, 5.41) is 14.0. The number of aromatic amines is 1. The van der Waals surface area contributed by atoms with Crippen LogP contribution in [0.3, 0.4) is 0 Å². The molecule has 1 unspecified atom stereocenters. The summed E-state index contributed by atoms with van der Waals surface area (Å²) in [6, 6.07) is 10.5. The number of H-pyrrole nitrogens is 1. The van der Waals surface area contributed by atoms with E-state index in [1.165, 1.54) is 18.4 Å². The Morgan fingerprint density at radius 1 is 1.31 bits per heavy atom. The Morgan fingerprint density at radius 3 is 2.92 bits per heavy atom. The number of aliphatic imine (C=N–C) groups is 1. The molecule has 6 heteroatoms. The average Bonchev–Trinajstić information content (AvgIpc) is 3.32. The van der Waals surface area contributed by atoms with Gasteiger partial charge in [-0.1, -0.05) is 18.2 Å². The second-order valence-electron chi connectivity index (χ2n) is 7.21. The lowest BCUT2D eigenvalue weighted by molar-refractivity contribution is 0.0396. The number of benzene rings is 1. The molecular weight excluding hydrogens is 326 g/mol. The van der Waals surface area contributed by atoms with Crippen molar-refractivity contribution in [1.29, 1.82) is 0 Å². The third kappa shape index (κ3) is 3.54. The molecule has 138 valence electrons. The van der Waals surface area contributed by atoms with Gasteiger partial charge in [-0.3, -0.25) is 5.10 Å². The lowest BCUT2D eigenvalue weighted by atomic mass is 9.86. The first kappa shape index (κ1) is 16.9. The van der Waals surface area contributed by atoms with Gasteiger partial charge >= 0.3 is 0 Å². The second kappa shape index (κ2) is 7.40. The van der Waals surface area contributed by atoms with Crippen molar-refractivity contribution in [2.24, 2.45) is 4.99 Å². The van der Waals surface area contributed by atoms with E-state index in [4.69, 9.17) is 9.73 Å². The fourth-order valence-corrected chi connectivity index (χ4v) is 4.09. The molecule has 26 heavy (non-hydrogen) atoms. The van der Waals surface area contributed by atoms with E-state index in [-0.39, 0.29) is 11.6 Å². The van der Waals surface area contributed by atoms with Crippen molar-refractivity contribution in [3.8, 4) is 5.75 Å². The molecule has 0 bridgehead atoms. The van der Waals surface area contributed by atoms with Crippen molar-refractivity contribution in [1.82, 2.24) is 20.8 Å². The van der Waals surface area contributed by atoms with Crippen molar-refractivity contribution in [3.63, 3.8) is 0 Å². The minimum Gasteiger partial charge on any atom is -0.487 e. The minimum atomic E-state index is -0.0211. The summed E-state index contributed by atoms with van der Waals surface area (Å²) >= 11 is 0. The number of nitrogens with zero attached hydrogens (tertiary/aromatic N) is 2. The summed E-state index contributed by atoms with van der Waals surface area (Å²) in [4.78, 5) is 4.72. The lowest BCUT2D eigenvalue weighted by Gasteiger charge is -2.40. The Hall–Kier alpha value is -2.50. The van der Waals surface area contributed by atoms with Crippen LogP contribution in [-0.2, 0) is 6.54 Å². The van der Waals surface area contributed by atoms with Gasteiger partial charge in [0.05, 0.1) is 18.3 Å². The Kier molecular flexibility index (Phi) is 4.82. The highest BCUT2D eigenvalue weighted by Gasteiger charge is 2.43. The first-order chi connectivity index (χ1) is 12.8. The number of hydrogen-bond acceptors (Lipinski definition) is 3. The molecule has 2 heterocycles. The van der Waals surface area contributed by atoms with Gasteiger partial charge in [0.2, 0.25) is 0 Å². The molecule has 1 saturated carbocycles. The number of ether oxygens (including phenoxy) is 1. The lowest BCUT2D eigenvalue weighted by Crippen LogP contribution is -2.46. The SMILES string of the molecule is CCNC(=NCc1ccn[nH]1)NC1CC2(CCCC2)Oc2ccccc21. The molecule has 4 rings (SSSR count). The smallest absolute Gasteiger partial charge is 0.192 e. The molecule has 1 aliphatic carbocycles. The van der Waals surface area contributed by atoms with Crippen LogP contribution in [0.15, 0.2) is 41.5 Å². The van der Waals surface area contributed by atoms with Crippen molar-refractivity contribution < 1.29 is 4.74 Å². The normalized spacial score (nSPS) is 21.3. The first-order valence-electron chi connectivity index (χ1n) is 9.59. The van der Waals surface area contributed by atoms with E-state index in [2.05, 4.69) is 52.0 Å². The van der Waals surface area contributed by atoms with Gasteiger partial charge in [-0.15, -0.1) is 0 Å². The van der Waals surface area contributed by atoms with Crippen molar-refractivity contribution in [3.05, 3.63) is 47.8 Å². The number of guanidine groups is 1. The quantitative estimate of drug-likeness (QED) is 0.582. The third-order valence-electron chi connectivity index (χ3n) is 5.33. The Bertz CT molecular complexity index is 749. The number of aromatic nitrogens is 2. The van der Waals surface area contributed by atoms with Crippen LogP contribution in [0.5, 0.6) is 5.75 Å². The summed E-state index contributed by atoms with van der Waals surface area (Å²) < 4.78 is 6.46. The number of para-hydroxylation sites is 1. The summed E-state index contributed by atoms with van der Waals surface area (Å²) in [5.74, 6) is 1.85. The van der Waals surface area contributed by atoms with E-state index < -0.39 is 0 Å². The largest absolute Gasteiger partial charge is 0.487 e. The molecule has 1 fully saturated rings. The van der Waals surface area contributed by atoms with E-state index in [1.807, 2.05) is 6.07 Å². The van der Waals surface area contributed by atoms with E-state index in [0.717, 1.165) is 43.2 Å². The number of rotatable bonds is 4. The predicted molar refractivity (Wildman–Crippen MR) is 102 cm³/mol. The zero-order valence-corrected chi connectivity index (χ0v) is 15.3. The van der Waals surface area contributed by atoms with Gasteiger partial charge in [-0.05, 0) is 44.7 Å². The standard InChI is InChI=1S/C20H27N5O/c1-2-21-19(22-14-15-9-12-23-25-15)24-17-13-20(10-5-6-11-20)26-18-8-4-3-7-16(17)18/h3-4,7-9,12,17H,2,5-6,10-11,13-14H2,1H3,(H,23,25)(H2,21,22,24). The van der Waals surface area contributed by atoms with Gasteiger partial charge < -0.3 is 15.4 Å². The molecule has 0 radical (unpaired) electrons. The fraction of sp³-hybridized carbons (Fsp3) is 0.500. The molecule has 3 N–H and O–H groups in total. The van der Waals surface area contributed by atoms with Crippen LogP contribution in [-0.4, -0.2) is 28.3 Å². The van der Waals surface area contributed by atoms with E-state index in [0.29, 0.717) is 6.54 Å². The van der Waals surface area contributed by atoms with Crippen LogP contribution in [0.1, 0.15) is 56.3 Å². The van der Waals surface area contributed by atoms with Crippen molar-refractivity contribution in [2.75, 3.05) is 6.54 Å². The highest BCUT2D eigenvalue weighted by atomic mass is 16.5. The third-order valence-corrected chi connectivity index (χ3v) is 5.33. The highest BCUT2D eigenvalue weighted by molar-refractivity contribution is 5.80. The molecule has 1 atom stereocenters. The van der Waals surface area contributed by atoms with Crippen LogP contribution in [0.2, 0.25) is 0 Å². The van der Waals surface area contributed by atoms with Gasteiger partial charge in [0.1, 0.15) is 11.4 Å². The molecule has 1 aromatic carbocycles. The summed E-state index contributed by atoms with van der Waals surface area (Å²) in [6.07, 6.45) is 7.52. The molecular formula is C20H27N5O. The zero-order valence-electron chi connectivity index (χ0n) is 15.3. The topological polar surface area (TPSA) is 74.3 Å². The monoisotopic (exact) mass is 353 g/mol. The molecule has 0 amide bonds. The van der Waals surface area contributed by atoms with Crippen molar-refractivity contribution >= 4 is 5.96 Å². The van der Waals surface area contributed by atoms with Crippen molar-refractivity contribution in [2.45, 2.75) is 57.2 Å². The van der Waals surface area contributed by atoms with Gasteiger partial charge in [0.15, 0.2) is 5.96 Å². The van der Waals surface area contributed by atoms with E-state index in [1.54, 1.807) is 6.20 Å². The summed E-state index contributed by atoms with van der Waals surface area (Å²) in [7, 11) is 0. The number of nitrogens with one attached hydrogen (secondary N) is 3. The predicted octanol–water partition coefficient (Wildman–Crippen LogP) is 3.30. The molecule has 0 saturated heterocycles. The van der Waals surface area contributed by atoms with E-state index >= 15 is 0 Å². The zero-order chi connectivity index (χ0) is 17.8. The molecule has 2 aliphatic rings. The maximum atomic E-state index is 6.46. The Balaban J connectivity index is 1.56. The van der Waals surface area contributed by atoms with Gasteiger partial charge in [0, 0.05) is 24.7 Å². The van der Waals surface area contributed by atoms with Gasteiger partial charge in [-0.2, -0.15) is 5.10 Å². The summed E-state index contributed by atoms with van der Waals surface area (Å²) in [5.41, 5.74) is 2.20. The highest BCUT2D eigenvalue weighted by Crippen LogP contribution is 2.46. The molecule has 1 spiro atoms. The minimum absolute atomic E-state index is 0.0211. The van der Waals surface area contributed by atoms with Crippen LogP contribution >= 0.6 is 0 Å². The van der Waals surface area contributed by atoms with Crippen LogP contribution in [0, 0.1) is 0 Å². The molecule has 6 nitrogen and oxygen atoms in total. The maximum absolute atomic E-state index is 6.46. The Labute approximate surface area is 154 Å². The van der Waals surface area contributed by atoms with Crippen LogP contribution < -0.4 is 15.4 Å². The molecule has 1 aliphatic heterocycles.